The molecule has 1 fully saturated rings. The van der Waals surface area contributed by atoms with Crippen molar-refractivity contribution < 1.29 is 9.22 Å². The predicted octanol–water partition coefficient (Wildman–Crippen LogP) is 2.92. The zero-order valence-electron chi connectivity index (χ0n) is 12.1. The van der Waals surface area contributed by atoms with Crippen LogP contribution in [0.1, 0.15) is 41.5 Å². The van der Waals surface area contributed by atoms with Crippen LogP contribution in [-0.4, -0.2) is 26.4 Å². The van der Waals surface area contributed by atoms with Gasteiger partial charge in [0.2, 0.25) is 5.91 Å². The minimum absolute atomic E-state index is 0.0773. The highest BCUT2D eigenvalue weighted by molar-refractivity contribution is 6.73. The molecular weight excluding hydrogens is 230 g/mol. The highest BCUT2D eigenvalue weighted by Gasteiger charge is 2.49. The lowest BCUT2D eigenvalue weighted by molar-refractivity contribution is -0.145. The number of hydrogen-bond donors (Lipinski definition) is 1. The maximum Gasteiger partial charge on any atom is 0.250 e. The lowest BCUT2D eigenvalue weighted by Crippen LogP contribution is -2.70. The Labute approximate surface area is 106 Å². The maximum atomic E-state index is 11.7. The van der Waals surface area contributed by atoms with E-state index in [0.29, 0.717) is 0 Å². The minimum Gasteiger partial charge on any atom is -0.403 e. The van der Waals surface area contributed by atoms with Crippen LogP contribution in [0, 0.1) is 5.41 Å². The molecule has 0 spiro atoms. The Kier molecular flexibility index (Phi) is 4.41. The van der Waals surface area contributed by atoms with Crippen molar-refractivity contribution in [3.8, 4) is 0 Å². The quantitative estimate of drug-likeness (QED) is 0.607. The summed E-state index contributed by atoms with van der Waals surface area (Å²) in [5.41, 5.74) is 0.0773. The number of β-lactam (4-membered cyclic amide) rings is 1. The van der Waals surface area contributed by atoms with Crippen molar-refractivity contribution >= 4 is 14.2 Å². The van der Waals surface area contributed by atoms with Crippen LogP contribution in [0.5, 0.6) is 0 Å². The fraction of sp³-hybridized carbons (Fsp3) is 0.923. The lowest BCUT2D eigenvalue weighted by Gasteiger charge is -2.48. The molecule has 0 aliphatic carbocycles. The highest BCUT2D eigenvalue weighted by Crippen LogP contribution is 2.33. The third-order valence-electron chi connectivity index (χ3n) is 4.10. The van der Waals surface area contributed by atoms with Gasteiger partial charge in [0.1, 0.15) is 6.10 Å². The molecule has 1 aliphatic rings. The Balaban J connectivity index is 2.75. The van der Waals surface area contributed by atoms with Gasteiger partial charge in [0, 0.05) is 0 Å². The molecule has 0 aromatic rings. The molecule has 2 atom stereocenters. The normalized spacial score (nSPS) is 25.4. The molecule has 1 rings (SSSR count). The molecule has 0 radical (unpaired) electrons. The van der Waals surface area contributed by atoms with Crippen LogP contribution in [0.15, 0.2) is 0 Å². The second-order valence-electron chi connectivity index (χ2n) is 6.13. The van der Waals surface area contributed by atoms with Gasteiger partial charge in [0.15, 0.2) is 8.32 Å². The molecule has 3 nitrogen and oxygen atoms in total. The van der Waals surface area contributed by atoms with Crippen molar-refractivity contribution in [3.05, 3.63) is 0 Å². The van der Waals surface area contributed by atoms with Gasteiger partial charge in [0.25, 0.3) is 0 Å². The Morgan fingerprint density at radius 1 is 1.18 bits per heavy atom. The van der Waals surface area contributed by atoms with Crippen LogP contribution in [0.3, 0.4) is 0 Å². The molecule has 1 amide bonds. The summed E-state index contributed by atoms with van der Waals surface area (Å²) in [7, 11) is -1.67. The van der Waals surface area contributed by atoms with Crippen molar-refractivity contribution in [2.75, 3.05) is 0 Å². The molecule has 2 unspecified atom stereocenters. The fourth-order valence-corrected chi connectivity index (χ4v) is 5.21. The van der Waals surface area contributed by atoms with E-state index in [0.717, 1.165) is 18.1 Å². The Hall–Kier alpha value is -0.353. The summed E-state index contributed by atoms with van der Waals surface area (Å²) in [6, 6.07) is 3.47. The molecule has 1 saturated heterocycles. The fourth-order valence-electron chi connectivity index (χ4n) is 2.43. The molecule has 1 N–H and O–H groups in total. The molecule has 4 heteroatoms. The molecule has 0 aromatic heterocycles. The summed E-state index contributed by atoms with van der Waals surface area (Å²) in [5.74, 6) is 0.0807. The molecule has 0 aromatic carbocycles. The summed E-state index contributed by atoms with van der Waals surface area (Å²) in [4.78, 5) is 11.7. The molecule has 0 bridgehead atoms. The average Bonchev–Trinajstić information content (AvgIpc) is 2.27. The standard InChI is InChI=1S/C13H27NO2Si/c1-7-17(8-2,9-3)16-10-11(13(4,5)6)14-12(10)15/h10-11H,7-9H2,1-6H3,(H,14,15). The van der Waals surface area contributed by atoms with Crippen LogP contribution in [0.2, 0.25) is 18.1 Å². The summed E-state index contributed by atoms with van der Waals surface area (Å²) >= 11 is 0. The number of hydrogen-bond acceptors (Lipinski definition) is 2. The minimum atomic E-state index is -1.67. The molecular formula is C13H27NO2Si. The van der Waals surface area contributed by atoms with Crippen LogP contribution < -0.4 is 5.32 Å². The predicted molar refractivity (Wildman–Crippen MR) is 73.5 cm³/mol. The first kappa shape index (κ1) is 14.7. The first-order valence-electron chi connectivity index (χ1n) is 6.78. The van der Waals surface area contributed by atoms with E-state index in [1.807, 2.05) is 0 Å². The topological polar surface area (TPSA) is 38.3 Å². The number of carbonyl (C=O) groups is 1. The smallest absolute Gasteiger partial charge is 0.250 e. The number of nitrogens with one attached hydrogen (secondary N) is 1. The number of rotatable bonds is 5. The third kappa shape index (κ3) is 2.91. The summed E-state index contributed by atoms with van der Waals surface area (Å²) in [5, 5.41) is 2.99. The van der Waals surface area contributed by atoms with E-state index in [1.165, 1.54) is 0 Å². The van der Waals surface area contributed by atoms with Gasteiger partial charge in [-0.3, -0.25) is 4.79 Å². The van der Waals surface area contributed by atoms with Crippen LogP contribution >= 0.6 is 0 Å². The van der Waals surface area contributed by atoms with E-state index in [1.54, 1.807) is 0 Å². The SMILES string of the molecule is CC[Si](CC)(CC)OC1C(=O)NC1C(C)(C)C. The second-order valence-corrected chi connectivity index (χ2v) is 10.9. The zero-order valence-corrected chi connectivity index (χ0v) is 13.1. The summed E-state index contributed by atoms with van der Waals surface area (Å²) in [6.45, 7) is 13.0. The first-order valence-corrected chi connectivity index (χ1v) is 9.30. The van der Waals surface area contributed by atoms with Gasteiger partial charge < -0.3 is 9.74 Å². The van der Waals surface area contributed by atoms with Gasteiger partial charge in [-0.1, -0.05) is 41.5 Å². The van der Waals surface area contributed by atoms with E-state index in [2.05, 4.69) is 46.9 Å². The summed E-state index contributed by atoms with van der Waals surface area (Å²) in [6.07, 6.45) is -0.207. The average molecular weight is 257 g/mol. The van der Waals surface area contributed by atoms with Gasteiger partial charge >= 0.3 is 0 Å². The van der Waals surface area contributed by atoms with Crippen LogP contribution in [-0.2, 0) is 9.22 Å². The van der Waals surface area contributed by atoms with Gasteiger partial charge in [-0.15, -0.1) is 0 Å². The number of carbonyl (C=O) groups excluding carboxylic acids is 1. The monoisotopic (exact) mass is 257 g/mol. The maximum absolute atomic E-state index is 11.7. The van der Waals surface area contributed by atoms with E-state index in [9.17, 15) is 4.79 Å². The zero-order chi connectivity index (χ0) is 13.3. The van der Waals surface area contributed by atoms with Crippen molar-refractivity contribution in [2.24, 2.45) is 5.41 Å². The van der Waals surface area contributed by atoms with Crippen LogP contribution in [0.25, 0.3) is 0 Å². The molecule has 0 saturated carbocycles. The lowest BCUT2D eigenvalue weighted by atomic mass is 9.79. The Morgan fingerprint density at radius 2 is 1.65 bits per heavy atom. The molecule has 1 heterocycles. The van der Waals surface area contributed by atoms with E-state index >= 15 is 0 Å². The second kappa shape index (κ2) is 5.10. The molecule has 1 aliphatic heterocycles. The van der Waals surface area contributed by atoms with Crippen molar-refractivity contribution in [2.45, 2.75) is 71.8 Å². The first-order chi connectivity index (χ1) is 7.79. The molecule has 100 valence electrons. The number of amides is 1. The summed E-state index contributed by atoms with van der Waals surface area (Å²) < 4.78 is 6.30. The van der Waals surface area contributed by atoms with E-state index in [-0.39, 0.29) is 23.5 Å². The van der Waals surface area contributed by atoms with Gasteiger partial charge in [-0.05, 0) is 23.5 Å². The van der Waals surface area contributed by atoms with Gasteiger partial charge in [-0.2, -0.15) is 0 Å². The largest absolute Gasteiger partial charge is 0.403 e. The van der Waals surface area contributed by atoms with Crippen LogP contribution in [0.4, 0.5) is 0 Å². The Bertz CT molecular complexity index is 273. The Morgan fingerprint density at radius 3 is 1.94 bits per heavy atom. The molecule has 17 heavy (non-hydrogen) atoms. The van der Waals surface area contributed by atoms with E-state index in [4.69, 9.17) is 4.43 Å². The van der Waals surface area contributed by atoms with Crippen molar-refractivity contribution in [1.29, 1.82) is 0 Å². The van der Waals surface area contributed by atoms with Gasteiger partial charge in [-0.25, -0.2) is 0 Å². The van der Waals surface area contributed by atoms with Gasteiger partial charge in [0.05, 0.1) is 6.04 Å². The van der Waals surface area contributed by atoms with E-state index < -0.39 is 8.32 Å². The van der Waals surface area contributed by atoms with Crippen molar-refractivity contribution in [3.63, 3.8) is 0 Å². The third-order valence-corrected chi connectivity index (χ3v) is 8.72. The highest BCUT2D eigenvalue weighted by atomic mass is 28.4. The van der Waals surface area contributed by atoms with Crippen molar-refractivity contribution in [1.82, 2.24) is 5.32 Å².